The van der Waals surface area contributed by atoms with Crippen LogP contribution in [0.1, 0.15) is 25.8 Å². The SMILES string of the molecule is CCCNCC(C)S(=O)(=O)NCc1ccccc1. The fourth-order valence-corrected chi connectivity index (χ4v) is 2.50. The normalized spacial score (nSPS) is 13.4. The summed E-state index contributed by atoms with van der Waals surface area (Å²) in [6, 6.07) is 9.52. The second-order valence-electron chi connectivity index (χ2n) is 4.37. The number of rotatable bonds is 8. The lowest BCUT2D eigenvalue weighted by Crippen LogP contribution is -2.38. The zero-order chi connectivity index (χ0) is 13.4. The third-order valence-electron chi connectivity index (χ3n) is 2.71. The summed E-state index contributed by atoms with van der Waals surface area (Å²) < 4.78 is 26.5. The molecule has 0 fully saturated rings. The molecule has 5 heteroatoms. The highest BCUT2D eigenvalue weighted by Gasteiger charge is 2.19. The zero-order valence-electron chi connectivity index (χ0n) is 11.0. The van der Waals surface area contributed by atoms with Crippen LogP contribution in [-0.4, -0.2) is 26.8 Å². The van der Waals surface area contributed by atoms with Gasteiger partial charge < -0.3 is 5.32 Å². The van der Waals surface area contributed by atoms with E-state index in [2.05, 4.69) is 17.0 Å². The van der Waals surface area contributed by atoms with Gasteiger partial charge in [-0.15, -0.1) is 0 Å². The summed E-state index contributed by atoms with van der Waals surface area (Å²) in [5.41, 5.74) is 0.967. The zero-order valence-corrected chi connectivity index (χ0v) is 11.8. The van der Waals surface area contributed by atoms with Crippen LogP contribution in [-0.2, 0) is 16.6 Å². The van der Waals surface area contributed by atoms with Crippen molar-refractivity contribution in [3.05, 3.63) is 35.9 Å². The molecule has 1 unspecified atom stereocenters. The van der Waals surface area contributed by atoms with Gasteiger partial charge in [0.25, 0.3) is 0 Å². The standard InChI is InChI=1S/C13H22N2O2S/c1-3-9-14-10-12(2)18(16,17)15-11-13-7-5-4-6-8-13/h4-8,12,14-15H,3,9-11H2,1-2H3. The van der Waals surface area contributed by atoms with E-state index in [1.165, 1.54) is 0 Å². The molecule has 1 rings (SSSR count). The fraction of sp³-hybridized carbons (Fsp3) is 0.538. The third-order valence-corrected chi connectivity index (χ3v) is 4.48. The summed E-state index contributed by atoms with van der Waals surface area (Å²) in [6.07, 6.45) is 1.00. The van der Waals surface area contributed by atoms with Gasteiger partial charge in [0.1, 0.15) is 0 Å². The van der Waals surface area contributed by atoms with E-state index in [1.807, 2.05) is 30.3 Å². The van der Waals surface area contributed by atoms with Gasteiger partial charge in [-0.2, -0.15) is 0 Å². The first kappa shape index (κ1) is 15.1. The first-order valence-electron chi connectivity index (χ1n) is 6.29. The van der Waals surface area contributed by atoms with Crippen molar-refractivity contribution in [2.45, 2.75) is 32.1 Å². The van der Waals surface area contributed by atoms with Crippen molar-refractivity contribution in [3.63, 3.8) is 0 Å². The van der Waals surface area contributed by atoms with Gasteiger partial charge in [-0.25, -0.2) is 13.1 Å². The molecule has 0 bridgehead atoms. The van der Waals surface area contributed by atoms with E-state index in [0.717, 1.165) is 18.5 Å². The van der Waals surface area contributed by atoms with Crippen LogP contribution in [0.3, 0.4) is 0 Å². The van der Waals surface area contributed by atoms with Gasteiger partial charge in [-0.1, -0.05) is 37.3 Å². The molecule has 0 aromatic heterocycles. The second-order valence-corrected chi connectivity index (χ2v) is 6.55. The Morgan fingerprint density at radius 3 is 2.50 bits per heavy atom. The van der Waals surface area contributed by atoms with Crippen LogP contribution >= 0.6 is 0 Å². The largest absolute Gasteiger partial charge is 0.315 e. The molecule has 0 saturated carbocycles. The van der Waals surface area contributed by atoms with Crippen LogP contribution < -0.4 is 10.0 Å². The Hall–Kier alpha value is -0.910. The van der Waals surface area contributed by atoms with Gasteiger partial charge in [-0.3, -0.25) is 0 Å². The molecule has 0 heterocycles. The first-order chi connectivity index (χ1) is 8.56. The van der Waals surface area contributed by atoms with Gasteiger partial charge in [0.15, 0.2) is 0 Å². The van der Waals surface area contributed by atoms with E-state index < -0.39 is 15.3 Å². The Balaban J connectivity index is 2.44. The van der Waals surface area contributed by atoms with Crippen LogP contribution in [0.25, 0.3) is 0 Å². The lowest BCUT2D eigenvalue weighted by atomic mass is 10.2. The Morgan fingerprint density at radius 2 is 1.89 bits per heavy atom. The van der Waals surface area contributed by atoms with Crippen molar-refractivity contribution in [2.24, 2.45) is 0 Å². The average Bonchev–Trinajstić information content (AvgIpc) is 2.38. The van der Waals surface area contributed by atoms with E-state index in [4.69, 9.17) is 0 Å². The lowest BCUT2D eigenvalue weighted by molar-refractivity contribution is 0.557. The maximum atomic E-state index is 11.9. The highest BCUT2D eigenvalue weighted by molar-refractivity contribution is 7.90. The molecule has 0 aliphatic heterocycles. The molecule has 0 aliphatic carbocycles. The first-order valence-corrected chi connectivity index (χ1v) is 7.84. The Bertz CT molecular complexity index is 432. The summed E-state index contributed by atoms with van der Waals surface area (Å²) >= 11 is 0. The molecule has 1 aromatic rings. The smallest absolute Gasteiger partial charge is 0.215 e. The lowest BCUT2D eigenvalue weighted by Gasteiger charge is -2.14. The highest BCUT2D eigenvalue weighted by atomic mass is 32.2. The molecule has 0 spiro atoms. The number of hydrogen-bond donors (Lipinski definition) is 2. The molecule has 102 valence electrons. The Kier molecular flexibility index (Phi) is 6.32. The van der Waals surface area contributed by atoms with E-state index >= 15 is 0 Å². The van der Waals surface area contributed by atoms with Crippen molar-refractivity contribution in [1.29, 1.82) is 0 Å². The molecule has 0 saturated heterocycles. The molecule has 0 amide bonds. The average molecular weight is 270 g/mol. The van der Waals surface area contributed by atoms with Crippen molar-refractivity contribution < 1.29 is 8.42 Å². The molecule has 0 aliphatic rings. The summed E-state index contributed by atoms with van der Waals surface area (Å²) in [5, 5.41) is 2.70. The van der Waals surface area contributed by atoms with Crippen LogP contribution in [0.5, 0.6) is 0 Å². The van der Waals surface area contributed by atoms with Crippen LogP contribution in [0.4, 0.5) is 0 Å². The van der Waals surface area contributed by atoms with E-state index in [1.54, 1.807) is 6.92 Å². The van der Waals surface area contributed by atoms with Crippen molar-refractivity contribution >= 4 is 10.0 Å². The number of benzene rings is 1. The van der Waals surface area contributed by atoms with E-state index in [-0.39, 0.29) is 0 Å². The summed E-state index contributed by atoms with van der Waals surface area (Å²) in [7, 11) is -3.25. The van der Waals surface area contributed by atoms with Crippen molar-refractivity contribution in [2.75, 3.05) is 13.1 Å². The minimum atomic E-state index is -3.25. The van der Waals surface area contributed by atoms with E-state index in [0.29, 0.717) is 13.1 Å². The molecule has 1 aromatic carbocycles. The summed E-state index contributed by atoms with van der Waals surface area (Å²) in [4.78, 5) is 0. The molecule has 2 N–H and O–H groups in total. The Morgan fingerprint density at radius 1 is 1.22 bits per heavy atom. The molecule has 4 nitrogen and oxygen atoms in total. The second kappa shape index (κ2) is 7.51. The molecule has 1 atom stereocenters. The summed E-state index contributed by atoms with van der Waals surface area (Å²) in [5.74, 6) is 0. The van der Waals surface area contributed by atoms with E-state index in [9.17, 15) is 8.42 Å². The molecular weight excluding hydrogens is 248 g/mol. The number of hydrogen-bond acceptors (Lipinski definition) is 3. The van der Waals surface area contributed by atoms with Gasteiger partial charge in [-0.05, 0) is 25.5 Å². The maximum Gasteiger partial charge on any atom is 0.215 e. The van der Waals surface area contributed by atoms with Crippen LogP contribution in [0, 0.1) is 0 Å². The summed E-state index contributed by atoms with van der Waals surface area (Å²) in [6.45, 7) is 5.45. The molecule has 0 radical (unpaired) electrons. The highest BCUT2D eigenvalue weighted by Crippen LogP contribution is 2.02. The predicted octanol–water partition coefficient (Wildman–Crippen LogP) is 1.49. The Labute approximate surface area is 110 Å². The fourth-order valence-electron chi connectivity index (χ4n) is 1.51. The van der Waals surface area contributed by atoms with Crippen LogP contribution in [0.15, 0.2) is 30.3 Å². The minimum absolute atomic E-state index is 0.349. The quantitative estimate of drug-likeness (QED) is 0.704. The number of sulfonamides is 1. The predicted molar refractivity (Wildman–Crippen MR) is 74.8 cm³/mol. The van der Waals surface area contributed by atoms with Crippen LogP contribution in [0.2, 0.25) is 0 Å². The minimum Gasteiger partial charge on any atom is -0.315 e. The van der Waals surface area contributed by atoms with Gasteiger partial charge in [0.05, 0.1) is 5.25 Å². The van der Waals surface area contributed by atoms with Crippen molar-refractivity contribution in [3.8, 4) is 0 Å². The van der Waals surface area contributed by atoms with Gasteiger partial charge >= 0.3 is 0 Å². The maximum absolute atomic E-state index is 11.9. The topological polar surface area (TPSA) is 58.2 Å². The molecular formula is C13H22N2O2S. The monoisotopic (exact) mass is 270 g/mol. The third kappa shape index (κ3) is 5.16. The van der Waals surface area contributed by atoms with Gasteiger partial charge in [0.2, 0.25) is 10.0 Å². The van der Waals surface area contributed by atoms with Crippen molar-refractivity contribution in [1.82, 2.24) is 10.0 Å². The number of nitrogens with one attached hydrogen (secondary N) is 2. The molecule has 18 heavy (non-hydrogen) atoms. The van der Waals surface area contributed by atoms with Gasteiger partial charge in [0, 0.05) is 13.1 Å².